The van der Waals surface area contributed by atoms with Crippen LogP contribution in [0.5, 0.6) is 0 Å². The van der Waals surface area contributed by atoms with Gasteiger partial charge in [-0.2, -0.15) is 0 Å². The van der Waals surface area contributed by atoms with E-state index in [0.29, 0.717) is 5.56 Å². The molecule has 3 heteroatoms. The Morgan fingerprint density at radius 3 is 2.80 bits per heavy atom. The molecule has 0 aliphatic heterocycles. The van der Waals surface area contributed by atoms with Gasteiger partial charge in [-0.05, 0) is 13.0 Å². The molecule has 0 saturated heterocycles. The van der Waals surface area contributed by atoms with Gasteiger partial charge in [0.1, 0.15) is 12.1 Å². The van der Waals surface area contributed by atoms with E-state index in [1.165, 1.54) is 19.1 Å². The Hall–Kier alpha value is -1.77. The fourth-order valence-electron chi connectivity index (χ4n) is 1.20. The zero-order valence-electron chi connectivity index (χ0n) is 8.37. The molecule has 0 atom stereocenters. The van der Waals surface area contributed by atoms with Gasteiger partial charge in [-0.3, -0.25) is 4.79 Å². The summed E-state index contributed by atoms with van der Waals surface area (Å²) in [5.41, 5.74) is 0.396. The summed E-state index contributed by atoms with van der Waals surface area (Å²) in [7, 11) is 0. The summed E-state index contributed by atoms with van der Waals surface area (Å²) in [6.07, 6.45) is 4.01. The molecule has 1 aromatic rings. The largest absolute Gasteiger partial charge is 0.303 e. The highest BCUT2D eigenvalue weighted by molar-refractivity contribution is 5.94. The molecule has 1 aromatic carbocycles. The Balaban J connectivity index is 3.04. The molecule has 0 aliphatic carbocycles. The van der Waals surface area contributed by atoms with E-state index in [9.17, 15) is 14.0 Å². The first-order chi connectivity index (χ1) is 7.16. The lowest BCUT2D eigenvalue weighted by Crippen LogP contribution is -1.98. The van der Waals surface area contributed by atoms with Crippen LogP contribution in [-0.2, 0) is 4.79 Å². The summed E-state index contributed by atoms with van der Waals surface area (Å²) in [4.78, 5) is 21.1. The number of benzene rings is 1. The van der Waals surface area contributed by atoms with Crippen molar-refractivity contribution in [2.45, 2.75) is 13.3 Å². The number of Topliss-reactive ketones (excluding diaryl/α,β-unsaturated/α-hetero) is 1. The van der Waals surface area contributed by atoms with Crippen molar-refractivity contribution in [1.29, 1.82) is 0 Å². The normalized spacial score (nSPS) is 10.5. The third-order valence-electron chi connectivity index (χ3n) is 1.94. The van der Waals surface area contributed by atoms with Gasteiger partial charge in [-0.15, -0.1) is 0 Å². The lowest BCUT2D eigenvalue weighted by Gasteiger charge is -2.01. The van der Waals surface area contributed by atoms with Crippen molar-refractivity contribution in [3.8, 4) is 0 Å². The van der Waals surface area contributed by atoms with Crippen molar-refractivity contribution < 1.29 is 14.0 Å². The molecule has 0 N–H and O–H groups in total. The molecular formula is C12H11FO2. The number of rotatable bonds is 4. The minimum atomic E-state index is -0.535. The maximum Gasteiger partial charge on any atom is 0.162 e. The average molecular weight is 206 g/mol. The quantitative estimate of drug-likeness (QED) is 0.560. The number of halogens is 1. The second-order valence-corrected chi connectivity index (χ2v) is 3.07. The van der Waals surface area contributed by atoms with Crippen LogP contribution in [0.3, 0.4) is 0 Å². The number of hydrogen-bond donors (Lipinski definition) is 0. The highest BCUT2D eigenvalue weighted by Crippen LogP contribution is 2.15. The van der Waals surface area contributed by atoms with Crippen LogP contribution in [0.1, 0.15) is 29.3 Å². The van der Waals surface area contributed by atoms with Crippen LogP contribution in [0.25, 0.3) is 6.08 Å². The molecule has 0 aliphatic rings. The number of carbonyl (C=O) groups excluding carboxylic acids is 2. The highest BCUT2D eigenvalue weighted by atomic mass is 19.1. The van der Waals surface area contributed by atoms with E-state index in [4.69, 9.17) is 0 Å². The van der Waals surface area contributed by atoms with E-state index in [1.54, 1.807) is 18.2 Å². The van der Waals surface area contributed by atoms with E-state index in [1.807, 2.05) is 0 Å². The van der Waals surface area contributed by atoms with E-state index in [0.717, 1.165) is 6.29 Å². The second kappa shape index (κ2) is 5.20. The summed E-state index contributed by atoms with van der Waals surface area (Å²) in [5.74, 6) is -0.842. The molecule has 0 amide bonds. The highest BCUT2D eigenvalue weighted by Gasteiger charge is 2.08. The maximum atomic E-state index is 13.6. The molecule has 0 fully saturated rings. The molecular weight excluding hydrogens is 195 g/mol. The molecule has 15 heavy (non-hydrogen) atoms. The van der Waals surface area contributed by atoms with Gasteiger partial charge in [0, 0.05) is 12.0 Å². The average Bonchev–Trinajstić information content (AvgIpc) is 2.20. The van der Waals surface area contributed by atoms with Gasteiger partial charge < -0.3 is 4.79 Å². The topological polar surface area (TPSA) is 34.1 Å². The number of allylic oxidation sites excluding steroid dienone is 1. The Bertz CT molecular complexity index is 408. The molecule has 0 bridgehead atoms. The van der Waals surface area contributed by atoms with Gasteiger partial charge in [0.2, 0.25) is 0 Å². The van der Waals surface area contributed by atoms with E-state index in [-0.39, 0.29) is 17.8 Å². The third-order valence-corrected chi connectivity index (χ3v) is 1.94. The number of carbonyl (C=O) groups is 2. The van der Waals surface area contributed by atoms with Crippen molar-refractivity contribution in [2.75, 3.05) is 0 Å². The molecule has 0 saturated carbocycles. The fraction of sp³-hybridized carbons (Fsp3) is 0.167. The zero-order valence-corrected chi connectivity index (χ0v) is 8.37. The van der Waals surface area contributed by atoms with Crippen LogP contribution >= 0.6 is 0 Å². The maximum absolute atomic E-state index is 13.6. The fourth-order valence-corrected chi connectivity index (χ4v) is 1.20. The van der Waals surface area contributed by atoms with E-state index >= 15 is 0 Å². The van der Waals surface area contributed by atoms with E-state index < -0.39 is 5.82 Å². The summed E-state index contributed by atoms with van der Waals surface area (Å²) in [5, 5.41) is 0. The van der Waals surface area contributed by atoms with Crippen molar-refractivity contribution in [3.05, 3.63) is 41.2 Å². The Morgan fingerprint density at radius 2 is 2.20 bits per heavy atom. The number of ketones is 1. The van der Waals surface area contributed by atoms with Crippen molar-refractivity contribution in [2.24, 2.45) is 0 Å². The van der Waals surface area contributed by atoms with Gasteiger partial charge in [0.05, 0.1) is 5.56 Å². The van der Waals surface area contributed by atoms with Crippen LogP contribution in [0.4, 0.5) is 4.39 Å². The molecule has 0 unspecified atom stereocenters. The molecule has 78 valence electrons. The Labute approximate surface area is 87.4 Å². The molecule has 0 heterocycles. The van der Waals surface area contributed by atoms with Crippen LogP contribution in [0.15, 0.2) is 24.3 Å². The monoisotopic (exact) mass is 206 g/mol. The van der Waals surface area contributed by atoms with Gasteiger partial charge in [-0.1, -0.05) is 24.3 Å². The summed E-state index contributed by atoms with van der Waals surface area (Å²) >= 11 is 0. The number of hydrogen-bond acceptors (Lipinski definition) is 2. The molecule has 1 rings (SSSR count). The van der Waals surface area contributed by atoms with Crippen LogP contribution in [-0.4, -0.2) is 12.1 Å². The Morgan fingerprint density at radius 1 is 1.47 bits per heavy atom. The van der Waals surface area contributed by atoms with Crippen molar-refractivity contribution in [1.82, 2.24) is 0 Å². The summed E-state index contributed by atoms with van der Waals surface area (Å²) in [6, 6.07) is 4.61. The lowest BCUT2D eigenvalue weighted by molar-refractivity contribution is -0.107. The van der Waals surface area contributed by atoms with Gasteiger partial charge >= 0.3 is 0 Å². The predicted molar refractivity (Wildman–Crippen MR) is 56.1 cm³/mol. The summed E-state index contributed by atoms with van der Waals surface area (Å²) in [6.45, 7) is 1.32. The summed E-state index contributed by atoms with van der Waals surface area (Å²) < 4.78 is 13.6. The first-order valence-corrected chi connectivity index (χ1v) is 4.56. The van der Waals surface area contributed by atoms with Crippen LogP contribution < -0.4 is 0 Å². The molecule has 0 radical (unpaired) electrons. The van der Waals surface area contributed by atoms with E-state index in [2.05, 4.69) is 0 Å². The minimum Gasteiger partial charge on any atom is -0.303 e. The second-order valence-electron chi connectivity index (χ2n) is 3.07. The first kappa shape index (κ1) is 11.3. The minimum absolute atomic E-state index is 0.0725. The Kier molecular flexibility index (Phi) is 3.92. The first-order valence-electron chi connectivity index (χ1n) is 4.56. The van der Waals surface area contributed by atoms with Crippen LogP contribution in [0.2, 0.25) is 0 Å². The lowest BCUT2D eigenvalue weighted by atomic mass is 10.1. The van der Waals surface area contributed by atoms with Gasteiger partial charge in [-0.25, -0.2) is 4.39 Å². The molecule has 0 aromatic heterocycles. The van der Waals surface area contributed by atoms with Crippen molar-refractivity contribution in [3.63, 3.8) is 0 Å². The SMILES string of the molecule is CC(=O)c1cccc(C=CCC=O)c1F. The van der Waals surface area contributed by atoms with Crippen molar-refractivity contribution >= 4 is 18.1 Å². The van der Waals surface area contributed by atoms with Gasteiger partial charge in [0.15, 0.2) is 5.78 Å². The predicted octanol–water partition coefficient (Wildman–Crippen LogP) is 2.63. The molecule has 2 nitrogen and oxygen atoms in total. The van der Waals surface area contributed by atoms with Gasteiger partial charge in [0.25, 0.3) is 0 Å². The molecule has 0 spiro atoms. The number of aldehydes is 1. The van der Waals surface area contributed by atoms with Crippen LogP contribution in [0, 0.1) is 5.82 Å². The smallest absolute Gasteiger partial charge is 0.162 e. The zero-order chi connectivity index (χ0) is 11.3. The standard InChI is InChI=1S/C12H11FO2/c1-9(15)11-7-4-6-10(12(11)13)5-2-3-8-14/h2,4-8H,3H2,1H3. The third kappa shape index (κ3) is 2.84.